The van der Waals surface area contributed by atoms with Gasteiger partial charge in [0.15, 0.2) is 0 Å². The third kappa shape index (κ3) is 10.7. The fourth-order valence-corrected chi connectivity index (χ4v) is 4.97. The second-order valence-electron chi connectivity index (χ2n) is 10.8. The van der Waals surface area contributed by atoms with Crippen LogP contribution in [0.2, 0.25) is 0 Å². The molecule has 43 heavy (non-hydrogen) atoms. The molecular weight excluding hydrogens is 544 g/mol. The Hall–Kier alpha value is -4.43. The molecule has 0 saturated carbocycles. The first-order valence-electron chi connectivity index (χ1n) is 14.8. The number of carbonyl (C=O) groups excluding carboxylic acids is 3. The van der Waals surface area contributed by atoms with E-state index in [1.54, 1.807) is 0 Å². The van der Waals surface area contributed by atoms with Crippen LogP contribution in [0.5, 0.6) is 5.75 Å². The van der Waals surface area contributed by atoms with Crippen LogP contribution in [-0.4, -0.2) is 48.7 Å². The van der Waals surface area contributed by atoms with Crippen molar-refractivity contribution >= 4 is 17.8 Å². The molecule has 8 nitrogen and oxygen atoms in total. The number of ether oxygens (including phenoxy) is 2. The number of rotatable bonds is 11. The molecule has 0 unspecified atom stereocenters. The molecular formula is C35H40N2O6. The van der Waals surface area contributed by atoms with E-state index < -0.39 is 12.0 Å². The molecule has 0 saturated heterocycles. The molecule has 0 radical (unpaired) electrons. The highest BCUT2D eigenvalue weighted by atomic mass is 16.5. The summed E-state index contributed by atoms with van der Waals surface area (Å²) in [5, 5.41) is 15.6. The number of esters is 1. The molecule has 0 bridgehead atoms. The first kappa shape index (κ1) is 31.5. The Labute approximate surface area is 253 Å². The lowest BCUT2D eigenvalue weighted by atomic mass is 9.94. The summed E-state index contributed by atoms with van der Waals surface area (Å²) in [4.78, 5) is 38.4. The molecule has 3 aromatic carbocycles. The minimum atomic E-state index is -0.584. The van der Waals surface area contributed by atoms with Gasteiger partial charge in [0.05, 0.1) is 31.0 Å². The number of hydrogen-bond donors (Lipinski definition) is 3. The van der Waals surface area contributed by atoms with Crippen LogP contribution in [0.3, 0.4) is 0 Å². The number of benzene rings is 3. The fourth-order valence-electron chi connectivity index (χ4n) is 4.97. The summed E-state index contributed by atoms with van der Waals surface area (Å²) in [5.41, 5.74) is 3.08. The van der Waals surface area contributed by atoms with E-state index in [1.165, 1.54) is 0 Å². The molecule has 0 aliphatic carbocycles. The number of amides is 2. The van der Waals surface area contributed by atoms with Gasteiger partial charge in [0, 0.05) is 6.42 Å². The zero-order chi connectivity index (χ0) is 30.3. The van der Waals surface area contributed by atoms with Crippen molar-refractivity contribution in [1.82, 2.24) is 10.6 Å². The molecule has 4 rings (SSSR count). The van der Waals surface area contributed by atoms with Gasteiger partial charge in [-0.25, -0.2) is 0 Å². The normalized spacial score (nSPS) is 18.3. The molecule has 2 amide bonds. The maximum absolute atomic E-state index is 12.9. The van der Waals surface area contributed by atoms with Crippen molar-refractivity contribution in [1.29, 1.82) is 0 Å². The smallest absolute Gasteiger partial charge is 0.309 e. The SMILES string of the molecule is O=C(C[C@H]1CC=CC[C@H](Cc2ccccc2)C(=O)OCCNC1=O)N[C@H](CO)Cc1ccc(OCc2ccccc2)cc1. The lowest BCUT2D eigenvalue weighted by Gasteiger charge is -2.20. The van der Waals surface area contributed by atoms with Gasteiger partial charge < -0.3 is 25.2 Å². The highest BCUT2D eigenvalue weighted by Gasteiger charge is 2.24. The second-order valence-corrected chi connectivity index (χ2v) is 10.8. The Morgan fingerprint density at radius 2 is 1.53 bits per heavy atom. The largest absolute Gasteiger partial charge is 0.489 e. The Kier molecular flexibility index (Phi) is 12.4. The van der Waals surface area contributed by atoms with Crippen LogP contribution in [0.1, 0.15) is 36.0 Å². The minimum absolute atomic E-state index is 0.0217. The van der Waals surface area contributed by atoms with Crippen LogP contribution < -0.4 is 15.4 Å². The average Bonchev–Trinajstić information content (AvgIpc) is 3.03. The summed E-state index contributed by atoms with van der Waals surface area (Å²) >= 11 is 0. The van der Waals surface area contributed by atoms with Crippen LogP contribution in [0.25, 0.3) is 0 Å². The molecule has 1 aliphatic heterocycles. The fraction of sp³-hybridized carbons (Fsp3) is 0.343. The molecule has 0 fully saturated rings. The van der Waals surface area contributed by atoms with E-state index in [0.29, 0.717) is 32.3 Å². The van der Waals surface area contributed by atoms with Gasteiger partial charge >= 0.3 is 5.97 Å². The van der Waals surface area contributed by atoms with E-state index in [1.807, 2.05) is 97.1 Å². The predicted molar refractivity (Wildman–Crippen MR) is 164 cm³/mol. The Bertz CT molecular complexity index is 1330. The van der Waals surface area contributed by atoms with Gasteiger partial charge in [0.2, 0.25) is 11.8 Å². The number of nitrogens with one attached hydrogen (secondary N) is 2. The predicted octanol–water partition coefficient (Wildman–Crippen LogP) is 4.16. The average molecular weight is 585 g/mol. The van der Waals surface area contributed by atoms with Crippen molar-refractivity contribution in [2.24, 2.45) is 11.8 Å². The maximum Gasteiger partial charge on any atom is 0.309 e. The Morgan fingerprint density at radius 1 is 0.884 bits per heavy atom. The third-order valence-corrected chi connectivity index (χ3v) is 7.35. The van der Waals surface area contributed by atoms with E-state index in [-0.39, 0.29) is 49.9 Å². The molecule has 0 aromatic heterocycles. The molecule has 1 heterocycles. The number of aliphatic hydroxyl groups is 1. The summed E-state index contributed by atoms with van der Waals surface area (Å²) < 4.78 is 11.3. The van der Waals surface area contributed by atoms with Gasteiger partial charge in [0.1, 0.15) is 19.0 Å². The number of allylic oxidation sites excluding steroid dienone is 2. The summed E-state index contributed by atoms with van der Waals surface area (Å²) in [6, 6.07) is 26.8. The lowest BCUT2D eigenvalue weighted by molar-refractivity contribution is -0.148. The molecule has 3 atom stereocenters. The van der Waals surface area contributed by atoms with Crippen molar-refractivity contribution in [3.63, 3.8) is 0 Å². The quantitative estimate of drug-likeness (QED) is 0.230. The van der Waals surface area contributed by atoms with Crippen LogP contribution in [-0.2, 0) is 38.6 Å². The summed E-state index contributed by atoms with van der Waals surface area (Å²) in [7, 11) is 0. The number of hydrogen-bond acceptors (Lipinski definition) is 6. The first-order valence-corrected chi connectivity index (χ1v) is 14.8. The van der Waals surface area contributed by atoms with E-state index in [2.05, 4.69) is 10.6 Å². The standard InChI is InChI=1S/C35H40N2O6/c38-24-31(22-27-15-17-32(18-16-27)43-25-28-11-5-2-6-12-28)37-33(39)23-29-13-7-8-14-30(21-26-9-3-1-4-10-26)35(41)42-20-19-36-34(29)40/h1-12,15-18,29-31,38H,13-14,19-25H2,(H,36,40)(H,37,39)/t29-,30-,31+/m1/s1. The molecule has 3 aromatic rings. The lowest BCUT2D eigenvalue weighted by Crippen LogP contribution is -2.42. The van der Waals surface area contributed by atoms with E-state index in [0.717, 1.165) is 22.4 Å². The van der Waals surface area contributed by atoms with E-state index >= 15 is 0 Å². The van der Waals surface area contributed by atoms with Gasteiger partial charge in [-0.15, -0.1) is 0 Å². The van der Waals surface area contributed by atoms with Crippen LogP contribution in [0.4, 0.5) is 0 Å². The highest BCUT2D eigenvalue weighted by Crippen LogP contribution is 2.19. The van der Waals surface area contributed by atoms with E-state index in [4.69, 9.17) is 9.47 Å². The monoisotopic (exact) mass is 584 g/mol. The third-order valence-electron chi connectivity index (χ3n) is 7.35. The van der Waals surface area contributed by atoms with Crippen LogP contribution in [0.15, 0.2) is 97.1 Å². The van der Waals surface area contributed by atoms with Crippen molar-refractivity contribution < 1.29 is 29.0 Å². The Morgan fingerprint density at radius 3 is 2.21 bits per heavy atom. The van der Waals surface area contributed by atoms with Crippen LogP contribution in [0, 0.1) is 11.8 Å². The summed E-state index contributed by atoms with van der Waals surface area (Å²) in [6.45, 7) is 0.484. The molecule has 0 spiro atoms. The van der Waals surface area contributed by atoms with Gasteiger partial charge in [-0.05, 0) is 54.5 Å². The topological polar surface area (TPSA) is 114 Å². The van der Waals surface area contributed by atoms with Gasteiger partial charge in [-0.2, -0.15) is 0 Å². The minimum Gasteiger partial charge on any atom is -0.489 e. The van der Waals surface area contributed by atoms with Crippen LogP contribution >= 0.6 is 0 Å². The number of aliphatic hydroxyl groups excluding tert-OH is 1. The number of carbonyl (C=O) groups is 3. The summed E-state index contributed by atoms with van der Waals surface area (Å²) in [6.07, 6.45) is 5.57. The molecule has 8 heteroatoms. The first-order chi connectivity index (χ1) is 21.0. The van der Waals surface area contributed by atoms with Gasteiger partial charge in [-0.1, -0.05) is 84.9 Å². The van der Waals surface area contributed by atoms with Crippen molar-refractivity contribution in [2.45, 2.75) is 44.8 Å². The van der Waals surface area contributed by atoms with Gasteiger partial charge in [0.25, 0.3) is 0 Å². The maximum atomic E-state index is 12.9. The van der Waals surface area contributed by atoms with Gasteiger partial charge in [-0.3, -0.25) is 14.4 Å². The molecule has 3 N–H and O–H groups in total. The van der Waals surface area contributed by atoms with Crippen molar-refractivity contribution in [3.05, 3.63) is 114 Å². The molecule has 226 valence electrons. The number of cyclic esters (lactones) is 1. The highest BCUT2D eigenvalue weighted by molar-refractivity contribution is 5.86. The molecule has 1 aliphatic rings. The summed E-state index contributed by atoms with van der Waals surface area (Å²) in [5.74, 6) is -1.05. The Balaban J connectivity index is 1.28. The van der Waals surface area contributed by atoms with E-state index in [9.17, 15) is 19.5 Å². The zero-order valence-electron chi connectivity index (χ0n) is 24.3. The zero-order valence-corrected chi connectivity index (χ0v) is 24.3. The van der Waals surface area contributed by atoms with Crippen molar-refractivity contribution in [3.8, 4) is 5.75 Å². The second kappa shape index (κ2) is 16.9. The van der Waals surface area contributed by atoms with Crippen molar-refractivity contribution in [2.75, 3.05) is 19.8 Å².